The van der Waals surface area contributed by atoms with Gasteiger partial charge in [-0.25, -0.2) is 4.98 Å². The summed E-state index contributed by atoms with van der Waals surface area (Å²) in [5, 5.41) is 6.37. The summed E-state index contributed by atoms with van der Waals surface area (Å²) < 4.78 is 0. The highest BCUT2D eigenvalue weighted by Gasteiger charge is 2.17. The number of imidazole rings is 1. The highest BCUT2D eigenvalue weighted by molar-refractivity contribution is 6.34. The number of hydrogen-bond donors (Lipinski definition) is 3. The first-order valence-corrected chi connectivity index (χ1v) is 9.18. The van der Waals surface area contributed by atoms with Crippen molar-refractivity contribution in [1.82, 2.24) is 20.6 Å². The Morgan fingerprint density at radius 2 is 1.93 bits per heavy atom. The van der Waals surface area contributed by atoms with E-state index in [-0.39, 0.29) is 22.9 Å². The van der Waals surface area contributed by atoms with Crippen LogP contribution in [0.3, 0.4) is 0 Å². The normalized spacial score (nSPS) is 12.0. The van der Waals surface area contributed by atoms with Crippen molar-refractivity contribution in [3.05, 3.63) is 63.4 Å². The number of halogens is 2. The Kier molecular flexibility index (Phi) is 5.68. The molecule has 3 rings (SSSR count). The minimum absolute atomic E-state index is 0.222. The van der Waals surface area contributed by atoms with E-state index in [2.05, 4.69) is 20.6 Å². The van der Waals surface area contributed by atoms with E-state index < -0.39 is 0 Å². The van der Waals surface area contributed by atoms with Gasteiger partial charge in [0.05, 0.1) is 27.7 Å². The molecule has 1 aromatic heterocycles. The molecule has 1 heterocycles. The fourth-order valence-corrected chi connectivity index (χ4v) is 3.09. The van der Waals surface area contributed by atoms with Crippen LogP contribution in [0.5, 0.6) is 0 Å². The Labute approximate surface area is 166 Å². The van der Waals surface area contributed by atoms with Crippen molar-refractivity contribution < 1.29 is 9.59 Å². The van der Waals surface area contributed by atoms with Crippen molar-refractivity contribution in [3.63, 3.8) is 0 Å². The van der Waals surface area contributed by atoms with Gasteiger partial charge in [-0.15, -0.1) is 0 Å². The molecule has 1 unspecified atom stereocenters. The van der Waals surface area contributed by atoms with E-state index in [1.165, 1.54) is 12.1 Å². The second-order valence-corrected chi connectivity index (χ2v) is 6.88. The monoisotopic (exact) mass is 404 g/mol. The van der Waals surface area contributed by atoms with E-state index in [1.807, 2.05) is 19.9 Å². The van der Waals surface area contributed by atoms with Gasteiger partial charge < -0.3 is 15.6 Å². The molecule has 0 aliphatic carbocycles. The SMILES string of the molecule is CCNC(=O)c1ccc(C(=O)NC(C)c2nc3ccc(Cl)cc3[nH]2)cc1Cl. The molecule has 3 aromatic rings. The Morgan fingerprint density at radius 3 is 2.63 bits per heavy atom. The summed E-state index contributed by atoms with van der Waals surface area (Å²) in [7, 11) is 0. The Balaban J connectivity index is 1.75. The lowest BCUT2D eigenvalue weighted by Crippen LogP contribution is -2.28. The first-order chi connectivity index (χ1) is 12.9. The van der Waals surface area contributed by atoms with Crippen molar-refractivity contribution in [2.24, 2.45) is 0 Å². The van der Waals surface area contributed by atoms with Crippen LogP contribution in [0.4, 0.5) is 0 Å². The van der Waals surface area contributed by atoms with E-state index in [1.54, 1.807) is 18.2 Å². The highest BCUT2D eigenvalue weighted by Crippen LogP contribution is 2.21. The van der Waals surface area contributed by atoms with Gasteiger partial charge in [-0.3, -0.25) is 9.59 Å². The van der Waals surface area contributed by atoms with Gasteiger partial charge in [0.15, 0.2) is 0 Å². The van der Waals surface area contributed by atoms with Crippen LogP contribution in [0.15, 0.2) is 36.4 Å². The zero-order valence-corrected chi connectivity index (χ0v) is 16.3. The maximum absolute atomic E-state index is 12.5. The minimum Gasteiger partial charge on any atom is -0.352 e. The molecule has 6 nitrogen and oxygen atoms in total. The second kappa shape index (κ2) is 7.98. The molecular weight excluding hydrogens is 387 g/mol. The number of aromatic amines is 1. The van der Waals surface area contributed by atoms with Crippen LogP contribution in [0, 0.1) is 0 Å². The second-order valence-electron chi connectivity index (χ2n) is 6.03. The largest absolute Gasteiger partial charge is 0.352 e. The third kappa shape index (κ3) is 4.23. The number of hydrogen-bond acceptors (Lipinski definition) is 3. The summed E-state index contributed by atoms with van der Waals surface area (Å²) in [6.45, 7) is 4.14. The zero-order valence-electron chi connectivity index (χ0n) is 14.8. The number of benzene rings is 2. The third-order valence-corrected chi connectivity index (χ3v) is 4.58. The number of fused-ring (bicyclic) bond motifs is 1. The van der Waals surface area contributed by atoms with Crippen molar-refractivity contribution in [3.8, 4) is 0 Å². The quantitative estimate of drug-likeness (QED) is 0.597. The molecule has 0 bridgehead atoms. The summed E-state index contributed by atoms with van der Waals surface area (Å²) in [4.78, 5) is 32.0. The van der Waals surface area contributed by atoms with E-state index in [0.29, 0.717) is 28.5 Å². The van der Waals surface area contributed by atoms with Gasteiger partial charge in [-0.1, -0.05) is 23.2 Å². The lowest BCUT2D eigenvalue weighted by atomic mass is 10.1. The summed E-state index contributed by atoms with van der Waals surface area (Å²) >= 11 is 12.1. The number of amides is 2. The van der Waals surface area contributed by atoms with Crippen LogP contribution >= 0.6 is 23.2 Å². The van der Waals surface area contributed by atoms with E-state index in [4.69, 9.17) is 23.2 Å². The van der Waals surface area contributed by atoms with Crippen LogP contribution in [-0.2, 0) is 0 Å². The summed E-state index contributed by atoms with van der Waals surface area (Å²) in [6, 6.07) is 9.58. The predicted molar refractivity (Wildman–Crippen MR) is 106 cm³/mol. The van der Waals surface area contributed by atoms with Crippen molar-refractivity contribution >= 4 is 46.0 Å². The van der Waals surface area contributed by atoms with Crippen LogP contribution in [0.1, 0.15) is 46.4 Å². The van der Waals surface area contributed by atoms with Gasteiger partial charge in [0.25, 0.3) is 11.8 Å². The molecule has 0 radical (unpaired) electrons. The molecular formula is C19H18Cl2N4O2. The molecule has 0 saturated heterocycles. The molecule has 2 amide bonds. The molecule has 0 fully saturated rings. The molecule has 0 saturated carbocycles. The molecule has 0 spiro atoms. The minimum atomic E-state index is -0.356. The van der Waals surface area contributed by atoms with Crippen molar-refractivity contribution in [1.29, 1.82) is 0 Å². The van der Waals surface area contributed by atoms with Crippen molar-refractivity contribution in [2.45, 2.75) is 19.9 Å². The smallest absolute Gasteiger partial charge is 0.252 e. The standard InChI is InChI=1S/C19H18Cl2N4O2/c1-3-22-19(27)13-6-4-11(8-14(13)21)18(26)23-10(2)17-24-15-7-5-12(20)9-16(15)25-17/h4-10H,3H2,1-2H3,(H,22,27)(H,23,26)(H,24,25). The van der Waals surface area contributed by atoms with E-state index in [9.17, 15) is 9.59 Å². The molecule has 3 N–H and O–H groups in total. The van der Waals surface area contributed by atoms with Gasteiger partial charge in [0, 0.05) is 17.1 Å². The maximum atomic E-state index is 12.5. The number of rotatable bonds is 5. The van der Waals surface area contributed by atoms with E-state index >= 15 is 0 Å². The van der Waals surface area contributed by atoms with Gasteiger partial charge >= 0.3 is 0 Å². The van der Waals surface area contributed by atoms with Gasteiger partial charge in [0.2, 0.25) is 0 Å². The number of carbonyl (C=O) groups is 2. The molecule has 0 aliphatic heterocycles. The number of nitrogens with zero attached hydrogens (tertiary/aromatic N) is 1. The van der Waals surface area contributed by atoms with Gasteiger partial charge in [-0.2, -0.15) is 0 Å². The summed E-state index contributed by atoms with van der Waals surface area (Å²) in [6.07, 6.45) is 0. The van der Waals surface area contributed by atoms with Gasteiger partial charge in [0.1, 0.15) is 5.82 Å². The highest BCUT2D eigenvalue weighted by atomic mass is 35.5. The Morgan fingerprint density at radius 1 is 1.15 bits per heavy atom. The molecule has 140 valence electrons. The fraction of sp³-hybridized carbons (Fsp3) is 0.211. The topological polar surface area (TPSA) is 86.9 Å². The fourth-order valence-electron chi connectivity index (χ4n) is 2.65. The molecule has 1 atom stereocenters. The summed E-state index contributed by atoms with van der Waals surface area (Å²) in [5.74, 6) is 0.0276. The number of carbonyl (C=O) groups excluding carboxylic acids is 2. The van der Waals surface area contributed by atoms with E-state index in [0.717, 1.165) is 11.0 Å². The van der Waals surface area contributed by atoms with Crippen molar-refractivity contribution in [2.75, 3.05) is 6.54 Å². The predicted octanol–water partition coefficient (Wildman–Crippen LogP) is 4.11. The average molecular weight is 405 g/mol. The number of H-pyrrole nitrogens is 1. The number of nitrogens with one attached hydrogen (secondary N) is 3. The third-order valence-electron chi connectivity index (χ3n) is 4.03. The molecule has 8 heteroatoms. The molecule has 2 aromatic carbocycles. The van der Waals surface area contributed by atoms with Crippen LogP contribution in [-0.4, -0.2) is 28.3 Å². The molecule has 0 aliphatic rings. The van der Waals surface area contributed by atoms with Crippen LogP contribution in [0.2, 0.25) is 10.0 Å². The lowest BCUT2D eigenvalue weighted by Gasteiger charge is -2.12. The Bertz CT molecular complexity index is 1020. The first kappa shape index (κ1) is 19.2. The maximum Gasteiger partial charge on any atom is 0.252 e. The Hall–Kier alpha value is -2.57. The zero-order chi connectivity index (χ0) is 19.6. The lowest BCUT2D eigenvalue weighted by molar-refractivity contribution is 0.0932. The average Bonchev–Trinajstić information content (AvgIpc) is 3.05. The van der Waals surface area contributed by atoms with Crippen LogP contribution in [0.25, 0.3) is 11.0 Å². The van der Waals surface area contributed by atoms with Crippen LogP contribution < -0.4 is 10.6 Å². The van der Waals surface area contributed by atoms with Gasteiger partial charge in [-0.05, 0) is 50.2 Å². The number of aromatic nitrogens is 2. The summed E-state index contributed by atoms with van der Waals surface area (Å²) in [5.41, 5.74) is 2.26. The first-order valence-electron chi connectivity index (χ1n) is 8.42. The molecule has 27 heavy (non-hydrogen) atoms.